The van der Waals surface area contributed by atoms with Crippen LogP contribution in [-0.4, -0.2) is 0 Å². The van der Waals surface area contributed by atoms with Crippen LogP contribution < -0.4 is 0 Å². The summed E-state index contributed by atoms with van der Waals surface area (Å²) in [6, 6.07) is 0. The van der Waals surface area contributed by atoms with E-state index in [0.29, 0.717) is 0 Å². The molecule has 32 valence electrons. The molecule has 0 unspecified atom stereocenters. The third-order valence-corrected chi connectivity index (χ3v) is 0. The SMILES string of the molecule is [Cu].[Ni].[Ta].[W]. The molecular formula is CuNiTaW. The molecule has 4 heteroatoms. The van der Waals surface area contributed by atoms with Crippen molar-refractivity contribution in [1.82, 2.24) is 0 Å². The van der Waals surface area contributed by atoms with Crippen molar-refractivity contribution in [2.24, 2.45) is 0 Å². The Morgan fingerprint density at radius 1 is 1.00 bits per heavy atom. The molecule has 0 aliphatic rings. The first-order chi connectivity index (χ1) is 0. The van der Waals surface area contributed by atoms with Gasteiger partial charge in [0.05, 0.1) is 0 Å². The van der Waals surface area contributed by atoms with Gasteiger partial charge in [-0.05, 0) is 0 Å². The van der Waals surface area contributed by atoms with Crippen LogP contribution in [0.4, 0.5) is 0 Å². The van der Waals surface area contributed by atoms with Crippen molar-refractivity contribution in [2.45, 2.75) is 0 Å². The topological polar surface area (TPSA) is 0 Å². The summed E-state index contributed by atoms with van der Waals surface area (Å²) in [5.74, 6) is 0. The minimum Gasteiger partial charge on any atom is 0 e. The van der Waals surface area contributed by atoms with Crippen molar-refractivity contribution in [3.05, 3.63) is 0 Å². The predicted molar refractivity (Wildman–Crippen MR) is 0 cm³/mol. The number of rotatable bonds is 0. The summed E-state index contributed by atoms with van der Waals surface area (Å²) < 4.78 is 0. The smallest absolute Gasteiger partial charge is 0 e. The van der Waals surface area contributed by atoms with Crippen LogP contribution in [0, 0.1) is 0 Å². The van der Waals surface area contributed by atoms with Crippen molar-refractivity contribution in [1.29, 1.82) is 0 Å². The summed E-state index contributed by atoms with van der Waals surface area (Å²) in [5, 5.41) is 0. The fourth-order valence-electron chi connectivity index (χ4n) is 0. The van der Waals surface area contributed by atoms with Gasteiger partial charge in [-0.3, -0.25) is 0 Å². The second kappa shape index (κ2) is 18.0. The van der Waals surface area contributed by atoms with Crippen molar-refractivity contribution in [3.8, 4) is 0 Å². The summed E-state index contributed by atoms with van der Waals surface area (Å²) in [5.41, 5.74) is 0. The van der Waals surface area contributed by atoms with Crippen LogP contribution in [0.2, 0.25) is 0 Å². The molecule has 0 saturated carbocycles. The van der Waals surface area contributed by atoms with Gasteiger partial charge in [0, 0.05) is 77.0 Å². The third-order valence-electron chi connectivity index (χ3n) is 0. The van der Waals surface area contributed by atoms with Crippen LogP contribution in [-0.2, 0) is 77.0 Å². The Labute approximate surface area is 76.0 Å². The van der Waals surface area contributed by atoms with Gasteiger partial charge >= 0.3 is 0 Å². The first-order valence-electron chi connectivity index (χ1n) is 0. The monoisotopic (exact) mass is 486 g/mol. The van der Waals surface area contributed by atoms with E-state index in [1.165, 1.54) is 0 Å². The van der Waals surface area contributed by atoms with E-state index in [1.807, 2.05) is 0 Å². The molecule has 0 fully saturated rings. The van der Waals surface area contributed by atoms with Gasteiger partial charge in [-0.15, -0.1) is 0 Å². The zero-order valence-electron chi connectivity index (χ0n) is 1.47. The zero-order valence-corrected chi connectivity index (χ0v) is 9.55. The molecule has 0 aromatic heterocycles. The van der Waals surface area contributed by atoms with E-state index >= 15 is 0 Å². The molecule has 0 bridgehead atoms. The Bertz CT molecular complexity index is 8.00. The summed E-state index contributed by atoms with van der Waals surface area (Å²) in [4.78, 5) is 0. The molecule has 0 aromatic rings. The standard InChI is InChI=1S/Cu.Ni.Ta.W. The van der Waals surface area contributed by atoms with Crippen molar-refractivity contribution < 1.29 is 77.0 Å². The first-order valence-corrected chi connectivity index (χ1v) is 0. The quantitative estimate of drug-likeness (QED) is 0.423. The van der Waals surface area contributed by atoms with Crippen molar-refractivity contribution in [2.75, 3.05) is 0 Å². The van der Waals surface area contributed by atoms with Gasteiger partial charge in [0.25, 0.3) is 0 Å². The fraction of sp³-hybridized carbons (Fsp3) is 0. The third kappa shape index (κ3) is 8.82. The van der Waals surface area contributed by atoms with E-state index in [-0.39, 0.29) is 77.0 Å². The minimum atomic E-state index is 0. The molecule has 4 heavy (non-hydrogen) atoms. The van der Waals surface area contributed by atoms with E-state index in [0.717, 1.165) is 0 Å². The van der Waals surface area contributed by atoms with E-state index in [4.69, 9.17) is 0 Å². The van der Waals surface area contributed by atoms with Crippen LogP contribution in [0.15, 0.2) is 0 Å². The summed E-state index contributed by atoms with van der Waals surface area (Å²) in [6.45, 7) is 0. The molecule has 0 heterocycles. The summed E-state index contributed by atoms with van der Waals surface area (Å²) in [6.07, 6.45) is 0. The normalized spacial score (nSPS) is 0. The van der Waals surface area contributed by atoms with Gasteiger partial charge in [-0.1, -0.05) is 0 Å². The van der Waals surface area contributed by atoms with Crippen LogP contribution in [0.1, 0.15) is 0 Å². The molecule has 0 saturated heterocycles. The maximum Gasteiger partial charge on any atom is 0 e. The average molecular weight is 487 g/mol. The molecule has 0 aliphatic heterocycles. The van der Waals surface area contributed by atoms with Crippen molar-refractivity contribution >= 4 is 0 Å². The predicted octanol–water partition coefficient (Wildman–Crippen LogP) is -0.0100. The van der Waals surface area contributed by atoms with Crippen LogP contribution >= 0.6 is 0 Å². The molecular weight excluding hydrogens is 487 g/mol. The summed E-state index contributed by atoms with van der Waals surface area (Å²) in [7, 11) is 0. The Kier molecular flexibility index (Phi) is 144. The Balaban J connectivity index is 0. The van der Waals surface area contributed by atoms with Gasteiger partial charge in [0.15, 0.2) is 0 Å². The molecule has 0 N–H and O–H groups in total. The number of hydrogen-bond donors (Lipinski definition) is 0. The fourth-order valence-corrected chi connectivity index (χ4v) is 0. The maximum atomic E-state index is 0. The van der Waals surface area contributed by atoms with Gasteiger partial charge in [0.2, 0.25) is 0 Å². The van der Waals surface area contributed by atoms with Gasteiger partial charge in [0.1, 0.15) is 0 Å². The van der Waals surface area contributed by atoms with Crippen molar-refractivity contribution in [3.63, 3.8) is 0 Å². The molecule has 0 rings (SSSR count). The second-order valence-electron chi connectivity index (χ2n) is 0. The average Bonchev–Trinajstić information content (AvgIpc) is 0. The van der Waals surface area contributed by atoms with E-state index in [9.17, 15) is 0 Å². The Morgan fingerprint density at radius 2 is 1.00 bits per heavy atom. The first kappa shape index (κ1) is 32.0. The summed E-state index contributed by atoms with van der Waals surface area (Å²) >= 11 is 0. The Hall–Kier alpha value is 2.44. The molecule has 0 amide bonds. The van der Waals surface area contributed by atoms with E-state index in [1.54, 1.807) is 0 Å². The van der Waals surface area contributed by atoms with E-state index in [2.05, 4.69) is 0 Å². The maximum absolute atomic E-state index is 0. The van der Waals surface area contributed by atoms with Gasteiger partial charge < -0.3 is 0 Å². The molecule has 2 radical (unpaired) electrons. The molecule has 0 atom stereocenters. The molecule has 0 nitrogen and oxygen atoms in total. The minimum absolute atomic E-state index is 0. The van der Waals surface area contributed by atoms with Crippen LogP contribution in [0.25, 0.3) is 0 Å². The van der Waals surface area contributed by atoms with Crippen LogP contribution in [0.3, 0.4) is 0 Å². The van der Waals surface area contributed by atoms with E-state index < -0.39 is 0 Å². The molecule has 0 aromatic carbocycles. The molecule has 0 aliphatic carbocycles. The largest absolute Gasteiger partial charge is 0 e. The Morgan fingerprint density at radius 3 is 1.00 bits per heavy atom. The number of hydrogen-bond acceptors (Lipinski definition) is 0. The van der Waals surface area contributed by atoms with Gasteiger partial charge in [-0.2, -0.15) is 0 Å². The van der Waals surface area contributed by atoms with Crippen LogP contribution in [0.5, 0.6) is 0 Å². The molecule has 0 spiro atoms. The zero-order chi connectivity index (χ0) is 0. The second-order valence-corrected chi connectivity index (χ2v) is 0. The van der Waals surface area contributed by atoms with Gasteiger partial charge in [-0.25, -0.2) is 0 Å².